The van der Waals surface area contributed by atoms with Crippen LogP contribution in [-0.2, 0) is 11.3 Å². The standard InChI is InChI=1S/C13H20N2O/c1-5-13(16)15(14)8-12-10(3)6-9(2)7-11(12)4/h6-7H,5,8,14H2,1-4H3. The van der Waals surface area contributed by atoms with Gasteiger partial charge in [0, 0.05) is 6.42 Å². The highest BCUT2D eigenvalue weighted by Crippen LogP contribution is 2.17. The maximum absolute atomic E-state index is 11.4. The van der Waals surface area contributed by atoms with E-state index in [9.17, 15) is 4.79 Å². The fourth-order valence-electron chi connectivity index (χ4n) is 1.92. The Labute approximate surface area is 97.2 Å². The minimum atomic E-state index is -0.0284. The van der Waals surface area contributed by atoms with Crippen LogP contribution in [0.4, 0.5) is 0 Å². The van der Waals surface area contributed by atoms with Gasteiger partial charge < -0.3 is 0 Å². The number of carbonyl (C=O) groups is 1. The van der Waals surface area contributed by atoms with Crippen LogP contribution in [0.5, 0.6) is 0 Å². The third-order valence-electron chi connectivity index (χ3n) is 2.79. The topological polar surface area (TPSA) is 46.3 Å². The molecule has 16 heavy (non-hydrogen) atoms. The van der Waals surface area contributed by atoms with Crippen molar-refractivity contribution in [3.05, 3.63) is 34.4 Å². The normalized spacial score (nSPS) is 10.3. The van der Waals surface area contributed by atoms with Crippen LogP contribution in [-0.4, -0.2) is 10.9 Å². The third kappa shape index (κ3) is 2.83. The number of hydrazine groups is 1. The lowest BCUT2D eigenvalue weighted by atomic mass is 10.00. The van der Waals surface area contributed by atoms with E-state index in [4.69, 9.17) is 5.84 Å². The lowest BCUT2D eigenvalue weighted by Gasteiger charge is -2.19. The van der Waals surface area contributed by atoms with Gasteiger partial charge in [-0.05, 0) is 37.5 Å². The molecule has 2 N–H and O–H groups in total. The average Bonchev–Trinajstić information content (AvgIpc) is 2.21. The highest BCUT2D eigenvalue weighted by Gasteiger charge is 2.11. The molecule has 3 nitrogen and oxygen atoms in total. The highest BCUT2D eigenvalue weighted by molar-refractivity contribution is 5.75. The first kappa shape index (κ1) is 12.7. The molecule has 0 aliphatic carbocycles. The Bertz CT molecular complexity index is 376. The van der Waals surface area contributed by atoms with Crippen molar-refractivity contribution in [1.82, 2.24) is 5.01 Å². The molecular formula is C13H20N2O. The van der Waals surface area contributed by atoms with Crippen LogP contribution in [0, 0.1) is 20.8 Å². The molecule has 0 aliphatic heterocycles. The number of aryl methyl sites for hydroxylation is 3. The van der Waals surface area contributed by atoms with Gasteiger partial charge in [0.1, 0.15) is 0 Å². The second-order valence-corrected chi connectivity index (χ2v) is 4.25. The Hall–Kier alpha value is -1.35. The van der Waals surface area contributed by atoms with E-state index in [0.717, 1.165) is 5.56 Å². The first-order chi connectivity index (χ1) is 7.45. The van der Waals surface area contributed by atoms with E-state index in [1.165, 1.54) is 21.7 Å². The van der Waals surface area contributed by atoms with Crippen LogP contribution in [0.3, 0.4) is 0 Å². The number of hydrogen-bond donors (Lipinski definition) is 1. The molecule has 1 aromatic carbocycles. The summed E-state index contributed by atoms with van der Waals surface area (Å²) in [7, 11) is 0. The lowest BCUT2D eigenvalue weighted by Crippen LogP contribution is -2.36. The monoisotopic (exact) mass is 220 g/mol. The van der Waals surface area contributed by atoms with E-state index in [2.05, 4.69) is 32.9 Å². The maximum atomic E-state index is 11.4. The van der Waals surface area contributed by atoms with E-state index < -0.39 is 0 Å². The van der Waals surface area contributed by atoms with Crippen molar-refractivity contribution >= 4 is 5.91 Å². The minimum Gasteiger partial charge on any atom is -0.276 e. The van der Waals surface area contributed by atoms with Gasteiger partial charge in [0.05, 0.1) is 6.54 Å². The molecule has 0 aromatic heterocycles. The summed E-state index contributed by atoms with van der Waals surface area (Å²) in [5, 5.41) is 1.30. The molecule has 1 amide bonds. The molecule has 0 saturated carbocycles. The van der Waals surface area contributed by atoms with Gasteiger partial charge in [-0.1, -0.05) is 24.6 Å². The van der Waals surface area contributed by atoms with Gasteiger partial charge in [-0.15, -0.1) is 0 Å². The molecule has 0 fully saturated rings. The number of rotatable bonds is 3. The Morgan fingerprint density at radius 1 is 1.25 bits per heavy atom. The quantitative estimate of drug-likeness (QED) is 0.482. The van der Waals surface area contributed by atoms with E-state index in [1.54, 1.807) is 0 Å². The van der Waals surface area contributed by atoms with Crippen molar-refractivity contribution in [2.75, 3.05) is 0 Å². The second kappa shape index (κ2) is 5.12. The van der Waals surface area contributed by atoms with Crippen LogP contribution in [0.2, 0.25) is 0 Å². The Balaban J connectivity index is 2.93. The first-order valence-corrected chi connectivity index (χ1v) is 5.57. The molecule has 0 bridgehead atoms. The van der Waals surface area contributed by atoms with Crippen molar-refractivity contribution in [3.8, 4) is 0 Å². The molecule has 0 saturated heterocycles. The molecule has 1 rings (SSSR count). The third-order valence-corrected chi connectivity index (χ3v) is 2.79. The molecular weight excluding hydrogens is 200 g/mol. The molecule has 0 aliphatic rings. The number of hydrogen-bond acceptors (Lipinski definition) is 2. The van der Waals surface area contributed by atoms with Crippen LogP contribution < -0.4 is 5.84 Å². The largest absolute Gasteiger partial charge is 0.276 e. The van der Waals surface area contributed by atoms with Crippen molar-refractivity contribution in [2.24, 2.45) is 5.84 Å². The predicted molar refractivity (Wildman–Crippen MR) is 65.7 cm³/mol. The van der Waals surface area contributed by atoms with Gasteiger partial charge in [0.2, 0.25) is 5.91 Å². The molecule has 0 radical (unpaired) electrons. The molecule has 0 unspecified atom stereocenters. The summed E-state index contributed by atoms with van der Waals surface area (Å²) in [4.78, 5) is 11.4. The zero-order valence-electron chi connectivity index (χ0n) is 10.5. The summed E-state index contributed by atoms with van der Waals surface area (Å²) in [6.45, 7) is 8.49. The average molecular weight is 220 g/mol. The Kier molecular flexibility index (Phi) is 4.07. The maximum Gasteiger partial charge on any atom is 0.236 e. The minimum absolute atomic E-state index is 0.0284. The number of benzene rings is 1. The lowest BCUT2D eigenvalue weighted by molar-refractivity contribution is -0.131. The number of amides is 1. The van der Waals surface area contributed by atoms with E-state index in [0.29, 0.717) is 13.0 Å². The van der Waals surface area contributed by atoms with E-state index in [1.807, 2.05) is 6.92 Å². The van der Waals surface area contributed by atoms with E-state index >= 15 is 0 Å². The van der Waals surface area contributed by atoms with Gasteiger partial charge in [-0.3, -0.25) is 9.80 Å². The van der Waals surface area contributed by atoms with Crippen LogP contribution in [0.15, 0.2) is 12.1 Å². The number of nitrogens with zero attached hydrogens (tertiary/aromatic N) is 1. The molecule has 0 heterocycles. The SMILES string of the molecule is CCC(=O)N(N)Cc1c(C)cc(C)cc1C. The van der Waals surface area contributed by atoms with Gasteiger partial charge in [-0.2, -0.15) is 0 Å². The van der Waals surface area contributed by atoms with Crippen molar-refractivity contribution in [1.29, 1.82) is 0 Å². The van der Waals surface area contributed by atoms with Gasteiger partial charge >= 0.3 is 0 Å². The Morgan fingerprint density at radius 2 is 1.75 bits per heavy atom. The molecule has 88 valence electrons. The first-order valence-electron chi connectivity index (χ1n) is 5.57. The second-order valence-electron chi connectivity index (χ2n) is 4.25. The fourth-order valence-corrected chi connectivity index (χ4v) is 1.92. The number of carbonyl (C=O) groups excluding carboxylic acids is 1. The summed E-state index contributed by atoms with van der Waals surface area (Å²) in [5.74, 6) is 5.69. The summed E-state index contributed by atoms with van der Waals surface area (Å²) in [6.07, 6.45) is 0.445. The summed E-state index contributed by atoms with van der Waals surface area (Å²) in [6, 6.07) is 4.24. The summed E-state index contributed by atoms with van der Waals surface area (Å²) in [5.41, 5.74) is 4.77. The Morgan fingerprint density at radius 3 is 2.19 bits per heavy atom. The predicted octanol–water partition coefficient (Wildman–Crippen LogP) is 2.22. The van der Waals surface area contributed by atoms with Gasteiger partial charge in [0.15, 0.2) is 0 Å². The van der Waals surface area contributed by atoms with Crippen LogP contribution in [0.1, 0.15) is 35.6 Å². The van der Waals surface area contributed by atoms with Crippen LogP contribution in [0.25, 0.3) is 0 Å². The van der Waals surface area contributed by atoms with E-state index in [-0.39, 0.29) is 5.91 Å². The van der Waals surface area contributed by atoms with Gasteiger partial charge in [0.25, 0.3) is 0 Å². The van der Waals surface area contributed by atoms with Crippen molar-refractivity contribution < 1.29 is 4.79 Å². The molecule has 0 atom stereocenters. The smallest absolute Gasteiger partial charge is 0.236 e. The highest BCUT2D eigenvalue weighted by atomic mass is 16.2. The number of nitrogens with two attached hydrogens (primary N) is 1. The van der Waals surface area contributed by atoms with Crippen LogP contribution >= 0.6 is 0 Å². The summed E-state index contributed by atoms with van der Waals surface area (Å²) >= 11 is 0. The molecule has 3 heteroatoms. The van der Waals surface area contributed by atoms with Gasteiger partial charge in [-0.25, -0.2) is 5.84 Å². The molecule has 0 spiro atoms. The summed E-state index contributed by atoms with van der Waals surface area (Å²) < 4.78 is 0. The van der Waals surface area contributed by atoms with Crippen molar-refractivity contribution in [2.45, 2.75) is 40.7 Å². The molecule has 1 aromatic rings. The fraction of sp³-hybridized carbons (Fsp3) is 0.462. The zero-order valence-corrected chi connectivity index (χ0v) is 10.5. The zero-order chi connectivity index (χ0) is 12.3. The van der Waals surface area contributed by atoms with Crippen molar-refractivity contribution in [3.63, 3.8) is 0 Å².